The maximum Gasteiger partial charge on any atom is 0.236 e. The van der Waals surface area contributed by atoms with Crippen molar-refractivity contribution in [1.82, 2.24) is 5.32 Å². The fourth-order valence-corrected chi connectivity index (χ4v) is 1.60. The molecule has 3 nitrogen and oxygen atoms in total. The Labute approximate surface area is 86.4 Å². The fraction of sp³-hybridized carbons (Fsp3) is 0.909. The Balaban J connectivity index is 2.07. The minimum absolute atomic E-state index is 0.0255. The quantitative estimate of drug-likeness (QED) is 0.675. The molecule has 3 atom stereocenters. The smallest absolute Gasteiger partial charge is 0.236 e. The van der Waals surface area contributed by atoms with E-state index in [0.29, 0.717) is 5.92 Å². The van der Waals surface area contributed by atoms with Crippen molar-refractivity contribution in [3.05, 3.63) is 0 Å². The Morgan fingerprint density at radius 3 is 2.79 bits per heavy atom. The molecule has 0 radical (unpaired) electrons. The number of hydrogen-bond acceptors (Lipinski definition) is 2. The molecule has 0 saturated heterocycles. The van der Waals surface area contributed by atoms with Gasteiger partial charge >= 0.3 is 0 Å². The first-order valence-corrected chi connectivity index (χ1v) is 5.68. The molecule has 0 heterocycles. The molecule has 1 rings (SSSR count). The fourth-order valence-electron chi connectivity index (χ4n) is 1.60. The summed E-state index contributed by atoms with van der Waals surface area (Å²) in [6.07, 6.45) is 4.20. The molecule has 82 valence electrons. The molecule has 0 aliphatic heterocycles. The molecule has 0 aromatic carbocycles. The van der Waals surface area contributed by atoms with Crippen LogP contribution in [0.25, 0.3) is 0 Å². The van der Waals surface area contributed by atoms with Crippen LogP contribution in [0.1, 0.15) is 39.5 Å². The number of amides is 1. The molecule has 1 aliphatic carbocycles. The summed E-state index contributed by atoms with van der Waals surface area (Å²) >= 11 is 0. The summed E-state index contributed by atoms with van der Waals surface area (Å²) < 4.78 is 0. The number of nitrogens with two attached hydrogens (primary N) is 1. The molecule has 3 N–H and O–H groups in total. The van der Waals surface area contributed by atoms with Crippen LogP contribution in [0.15, 0.2) is 0 Å². The number of hydrogen-bond donors (Lipinski definition) is 2. The van der Waals surface area contributed by atoms with Crippen LogP contribution in [0.5, 0.6) is 0 Å². The summed E-state index contributed by atoms with van der Waals surface area (Å²) in [6.45, 7) is 5.14. The second-order valence-corrected chi connectivity index (χ2v) is 4.47. The van der Waals surface area contributed by atoms with Crippen molar-refractivity contribution >= 4 is 5.91 Å². The molecule has 0 spiro atoms. The molecule has 14 heavy (non-hydrogen) atoms. The standard InChI is InChI=1S/C11H22N2O/c1-3-4-5-10(12)11(14)13-7-9-6-8(9)2/h8-10H,3-7,12H2,1-2H3,(H,13,14). The van der Waals surface area contributed by atoms with Crippen LogP contribution >= 0.6 is 0 Å². The van der Waals surface area contributed by atoms with Crippen molar-refractivity contribution in [1.29, 1.82) is 0 Å². The van der Waals surface area contributed by atoms with Crippen LogP contribution in [0.4, 0.5) is 0 Å². The molecular weight excluding hydrogens is 176 g/mol. The van der Waals surface area contributed by atoms with Crippen molar-refractivity contribution in [2.24, 2.45) is 17.6 Å². The number of carbonyl (C=O) groups excluding carboxylic acids is 1. The van der Waals surface area contributed by atoms with E-state index in [2.05, 4.69) is 19.2 Å². The van der Waals surface area contributed by atoms with Gasteiger partial charge in [-0.25, -0.2) is 0 Å². The van der Waals surface area contributed by atoms with Gasteiger partial charge in [0.1, 0.15) is 0 Å². The number of rotatable bonds is 6. The van der Waals surface area contributed by atoms with Gasteiger partial charge in [0.05, 0.1) is 6.04 Å². The van der Waals surface area contributed by atoms with Crippen LogP contribution in [-0.2, 0) is 4.79 Å². The lowest BCUT2D eigenvalue weighted by atomic mass is 10.1. The van der Waals surface area contributed by atoms with E-state index in [9.17, 15) is 4.79 Å². The second-order valence-electron chi connectivity index (χ2n) is 4.47. The van der Waals surface area contributed by atoms with E-state index in [1.807, 2.05) is 0 Å². The molecule has 1 saturated carbocycles. The molecule has 1 amide bonds. The van der Waals surface area contributed by atoms with Gasteiger partial charge in [0.15, 0.2) is 0 Å². The third-order valence-corrected chi connectivity index (χ3v) is 3.02. The summed E-state index contributed by atoms with van der Waals surface area (Å²) in [4.78, 5) is 11.5. The molecule has 1 fully saturated rings. The zero-order valence-electron chi connectivity index (χ0n) is 9.25. The first-order valence-electron chi connectivity index (χ1n) is 5.68. The molecular formula is C11H22N2O. The highest BCUT2D eigenvalue weighted by atomic mass is 16.2. The van der Waals surface area contributed by atoms with Crippen molar-refractivity contribution in [2.75, 3.05) is 6.54 Å². The highest BCUT2D eigenvalue weighted by molar-refractivity contribution is 5.81. The maximum atomic E-state index is 11.5. The Hall–Kier alpha value is -0.570. The van der Waals surface area contributed by atoms with Crippen LogP contribution in [-0.4, -0.2) is 18.5 Å². The lowest BCUT2D eigenvalue weighted by Crippen LogP contribution is -2.41. The minimum Gasteiger partial charge on any atom is -0.354 e. The van der Waals surface area contributed by atoms with Crippen molar-refractivity contribution in [3.8, 4) is 0 Å². The Morgan fingerprint density at radius 1 is 1.64 bits per heavy atom. The first-order chi connectivity index (χ1) is 6.65. The highest BCUT2D eigenvalue weighted by Crippen LogP contribution is 2.36. The van der Waals surface area contributed by atoms with Gasteiger partial charge in [-0.3, -0.25) is 4.79 Å². The van der Waals surface area contributed by atoms with Gasteiger partial charge in [-0.2, -0.15) is 0 Å². The summed E-state index contributed by atoms with van der Waals surface area (Å²) in [5.41, 5.74) is 5.73. The number of nitrogens with one attached hydrogen (secondary N) is 1. The zero-order chi connectivity index (χ0) is 10.6. The van der Waals surface area contributed by atoms with Gasteiger partial charge in [0.2, 0.25) is 5.91 Å². The van der Waals surface area contributed by atoms with Crippen LogP contribution in [0.3, 0.4) is 0 Å². The monoisotopic (exact) mass is 198 g/mol. The van der Waals surface area contributed by atoms with Gasteiger partial charge in [0, 0.05) is 6.54 Å². The van der Waals surface area contributed by atoms with E-state index >= 15 is 0 Å². The zero-order valence-corrected chi connectivity index (χ0v) is 9.25. The Kier molecular flexibility index (Phi) is 4.39. The average Bonchev–Trinajstić information content (AvgIpc) is 2.87. The molecule has 1 aliphatic rings. The number of carbonyl (C=O) groups is 1. The summed E-state index contributed by atoms with van der Waals surface area (Å²) in [7, 11) is 0. The van der Waals surface area contributed by atoms with E-state index in [1.165, 1.54) is 6.42 Å². The van der Waals surface area contributed by atoms with Crippen molar-refractivity contribution in [3.63, 3.8) is 0 Å². The van der Waals surface area contributed by atoms with E-state index in [0.717, 1.165) is 31.7 Å². The lowest BCUT2D eigenvalue weighted by molar-refractivity contribution is -0.122. The third kappa shape index (κ3) is 3.66. The normalized spacial score (nSPS) is 27.1. The molecule has 3 heteroatoms. The summed E-state index contributed by atoms with van der Waals surface area (Å²) in [6, 6.07) is -0.302. The lowest BCUT2D eigenvalue weighted by Gasteiger charge is -2.11. The Bertz CT molecular complexity index is 194. The maximum absolute atomic E-state index is 11.5. The molecule has 0 aromatic heterocycles. The van der Waals surface area contributed by atoms with E-state index in [-0.39, 0.29) is 11.9 Å². The van der Waals surface area contributed by atoms with Gasteiger partial charge in [-0.1, -0.05) is 26.7 Å². The predicted octanol–water partition coefficient (Wildman–Crippen LogP) is 1.28. The van der Waals surface area contributed by atoms with Gasteiger partial charge < -0.3 is 11.1 Å². The largest absolute Gasteiger partial charge is 0.354 e. The minimum atomic E-state index is -0.302. The molecule has 0 aromatic rings. The van der Waals surface area contributed by atoms with E-state index in [1.54, 1.807) is 0 Å². The van der Waals surface area contributed by atoms with Gasteiger partial charge in [0.25, 0.3) is 0 Å². The first kappa shape index (κ1) is 11.5. The SMILES string of the molecule is CCCCC(N)C(=O)NCC1CC1C. The second kappa shape index (κ2) is 5.35. The Morgan fingerprint density at radius 2 is 2.29 bits per heavy atom. The summed E-state index contributed by atoms with van der Waals surface area (Å²) in [5, 5.41) is 2.92. The molecule has 3 unspecified atom stereocenters. The number of unbranched alkanes of at least 4 members (excludes halogenated alkanes) is 1. The summed E-state index contributed by atoms with van der Waals surface area (Å²) in [5.74, 6) is 1.53. The molecule has 0 bridgehead atoms. The van der Waals surface area contributed by atoms with E-state index in [4.69, 9.17) is 5.73 Å². The van der Waals surface area contributed by atoms with Crippen LogP contribution < -0.4 is 11.1 Å². The van der Waals surface area contributed by atoms with E-state index < -0.39 is 0 Å². The van der Waals surface area contributed by atoms with Crippen molar-refractivity contribution in [2.45, 2.75) is 45.6 Å². The van der Waals surface area contributed by atoms with Gasteiger partial charge in [-0.15, -0.1) is 0 Å². The van der Waals surface area contributed by atoms with Gasteiger partial charge in [-0.05, 0) is 24.7 Å². The topological polar surface area (TPSA) is 55.1 Å². The van der Waals surface area contributed by atoms with Crippen LogP contribution in [0.2, 0.25) is 0 Å². The van der Waals surface area contributed by atoms with Crippen molar-refractivity contribution < 1.29 is 4.79 Å². The third-order valence-electron chi connectivity index (χ3n) is 3.02. The average molecular weight is 198 g/mol. The van der Waals surface area contributed by atoms with Crippen LogP contribution in [0, 0.1) is 11.8 Å². The highest BCUT2D eigenvalue weighted by Gasteiger charge is 2.32. The predicted molar refractivity (Wildman–Crippen MR) is 57.8 cm³/mol.